The van der Waals surface area contributed by atoms with E-state index >= 15 is 0 Å². The van der Waals surface area contributed by atoms with E-state index in [1.54, 1.807) is 0 Å². The molecule has 3 aromatic rings. The van der Waals surface area contributed by atoms with Crippen LogP contribution < -0.4 is 5.32 Å². The molecule has 0 aliphatic carbocycles. The molecule has 178 valence electrons. The monoisotopic (exact) mass is 457 g/mol. The molecule has 3 heterocycles. The number of hydrogen-bond donors (Lipinski definition) is 2. The first-order valence-electron chi connectivity index (χ1n) is 12.1. The molecule has 6 nitrogen and oxygen atoms in total. The quantitative estimate of drug-likeness (QED) is 0.486. The summed E-state index contributed by atoms with van der Waals surface area (Å²) >= 11 is 0. The number of pyridine rings is 1. The molecular weight excluding hydrogens is 422 g/mol. The van der Waals surface area contributed by atoms with Gasteiger partial charge in [0.2, 0.25) is 5.91 Å². The van der Waals surface area contributed by atoms with Gasteiger partial charge in [-0.25, -0.2) is 0 Å². The average molecular weight is 458 g/mol. The lowest BCUT2D eigenvalue weighted by molar-refractivity contribution is -0.120. The number of rotatable bonds is 7. The highest BCUT2D eigenvalue weighted by molar-refractivity contribution is 6.02. The molecule has 0 saturated carbocycles. The van der Waals surface area contributed by atoms with Gasteiger partial charge < -0.3 is 10.3 Å². The lowest BCUT2D eigenvalue weighted by Crippen LogP contribution is -2.38. The van der Waals surface area contributed by atoms with Crippen LogP contribution in [0.5, 0.6) is 0 Å². The van der Waals surface area contributed by atoms with Gasteiger partial charge in [0, 0.05) is 42.3 Å². The molecule has 1 atom stereocenters. The van der Waals surface area contributed by atoms with Crippen molar-refractivity contribution in [1.29, 1.82) is 0 Å². The van der Waals surface area contributed by atoms with Crippen LogP contribution in [-0.2, 0) is 24.2 Å². The molecule has 1 aliphatic rings. The zero-order chi connectivity index (χ0) is 24.2. The fraction of sp³-hybridized carbons (Fsp3) is 0.393. The summed E-state index contributed by atoms with van der Waals surface area (Å²) in [5, 5.41) is 4.30. The van der Waals surface area contributed by atoms with Gasteiger partial charge >= 0.3 is 0 Å². The molecule has 6 heteroatoms. The van der Waals surface area contributed by atoms with Crippen LogP contribution >= 0.6 is 0 Å². The number of para-hydroxylation sites is 1. The molecule has 0 spiro atoms. The summed E-state index contributed by atoms with van der Waals surface area (Å²) in [6, 6.07) is 12.5. The SMILES string of the molecule is CC(C)=C(NC(=O)CCc1c[nH]c2ccccc12)/C(C)=N\C(C)N1CCc2ccc(C)nc2C1. The number of aromatic amines is 1. The van der Waals surface area contributed by atoms with Crippen LogP contribution in [0.3, 0.4) is 0 Å². The zero-order valence-electron chi connectivity index (χ0n) is 20.9. The van der Waals surface area contributed by atoms with Crippen LogP contribution in [0, 0.1) is 6.92 Å². The lowest BCUT2D eigenvalue weighted by Gasteiger charge is -2.31. The molecule has 0 bridgehead atoms. The van der Waals surface area contributed by atoms with Gasteiger partial charge in [-0.2, -0.15) is 0 Å². The van der Waals surface area contributed by atoms with Crippen LogP contribution in [0.1, 0.15) is 56.6 Å². The largest absolute Gasteiger partial charge is 0.361 e. The van der Waals surface area contributed by atoms with Gasteiger partial charge in [-0.3, -0.25) is 19.7 Å². The Morgan fingerprint density at radius 3 is 2.79 bits per heavy atom. The predicted octanol–water partition coefficient (Wildman–Crippen LogP) is 5.08. The molecule has 0 saturated heterocycles. The number of nitrogens with zero attached hydrogens (tertiary/aromatic N) is 3. The molecule has 1 unspecified atom stereocenters. The Labute approximate surface area is 202 Å². The van der Waals surface area contributed by atoms with E-state index in [4.69, 9.17) is 9.98 Å². The number of carbonyl (C=O) groups is 1. The smallest absolute Gasteiger partial charge is 0.224 e. The number of carbonyl (C=O) groups excluding carboxylic acids is 1. The highest BCUT2D eigenvalue weighted by Crippen LogP contribution is 2.21. The normalized spacial score (nSPS) is 15.1. The van der Waals surface area contributed by atoms with Crippen molar-refractivity contribution in [2.45, 2.75) is 66.6 Å². The van der Waals surface area contributed by atoms with Gasteiger partial charge in [-0.05, 0) is 70.7 Å². The molecule has 1 aromatic carbocycles. The van der Waals surface area contributed by atoms with Crippen molar-refractivity contribution in [2.75, 3.05) is 6.54 Å². The standard InChI is InChI=1S/C28H35N5O/c1-18(2)28(32-27(34)13-12-23-16-29-25-9-7-6-8-24(23)25)20(4)31-21(5)33-15-14-22-11-10-19(3)30-26(22)17-33/h6-11,16,21,29H,12-15,17H2,1-5H3,(H,32,34)/b31-20-. The van der Waals surface area contributed by atoms with E-state index in [0.29, 0.717) is 12.8 Å². The minimum atomic E-state index is 0.00735. The van der Waals surface area contributed by atoms with Crippen LogP contribution in [0.15, 0.2) is 58.9 Å². The van der Waals surface area contributed by atoms with E-state index in [-0.39, 0.29) is 12.1 Å². The second kappa shape index (κ2) is 10.3. The summed E-state index contributed by atoms with van der Waals surface area (Å²) in [7, 11) is 0. The molecule has 2 aromatic heterocycles. The number of benzene rings is 1. The van der Waals surface area contributed by atoms with E-state index in [1.807, 2.05) is 46.0 Å². The van der Waals surface area contributed by atoms with Gasteiger partial charge in [-0.1, -0.05) is 29.8 Å². The molecule has 1 amide bonds. The first-order valence-corrected chi connectivity index (χ1v) is 12.1. The fourth-order valence-electron chi connectivity index (χ4n) is 4.65. The molecule has 0 fully saturated rings. The number of amides is 1. The summed E-state index contributed by atoms with van der Waals surface area (Å²) in [6.07, 6.45) is 4.11. The van der Waals surface area contributed by atoms with Crippen molar-refractivity contribution in [2.24, 2.45) is 4.99 Å². The molecule has 4 rings (SSSR count). The maximum atomic E-state index is 12.8. The van der Waals surface area contributed by atoms with Crippen molar-refractivity contribution >= 4 is 22.5 Å². The van der Waals surface area contributed by atoms with E-state index in [0.717, 1.165) is 59.0 Å². The summed E-state index contributed by atoms with van der Waals surface area (Å²) < 4.78 is 0. The first kappa shape index (κ1) is 23.9. The topological polar surface area (TPSA) is 73.4 Å². The number of H-pyrrole nitrogens is 1. The Hall–Kier alpha value is -3.25. The Bertz CT molecular complexity index is 1250. The summed E-state index contributed by atoms with van der Waals surface area (Å²) in [4.78, 5) is 28.1. The lowest BCUT2D eigenvalue weighted by atomic mass is 10.0. The maximum absolute atomic E-state index is 12.8. The number of fused-ring (bicyclic) bond motifs is 2. The van der Waals surface area contributed by atoms with Crippen molar-refractivity contribution in [3.05, 3.63) is 76.4 Å². The highest BCUT2D eigenvalue weighted by Gasteiger charge is 2.22. The first-order chi connectivity index (χ1) is 16.3. The van der Waals surface area contributed by atoms with Gasteiger partial charge in [0.05, 0.1) is 23.3 Å². The van der Waals surface area contributed by atoms with Gasteiger partial charge in [0.15, 0.2) is 0 Å². The number of aromatic nitrogens is 2. The van der Waals surface area contributed by atoms with Crippen LogP contribution in [0.25, 0.3) is 10.9 Å². The third-order valence-electron chi connectivity index (χ3n) is 6.56. The Morgan fingerprint density at radius 2 is 2.00 bits per heavy atom. The molecule has 2 N–H and O–H groups in total. The molecule has 0 radical (unpaired) electrons. The molecule has 34 heavy (non-hydrogen) atoms. The van der Waals surface area contributed by atoms with Crippen LogP contribution in [0.4, 0.5) is 0 Å². The Morgan fingerprint density at radius 1 is 1.21 bits per heavy atom. The number of aliphatic imine (C=N–C) groups is 1. The fourth-order valence-corrected chi connectivity index (χ4v) is 4.65. The third kappa shape index (κ3) is 5.45. The number of aryl methyl sites for hydroxylation is 2. The third-order valence-corrected chi connectivity index (χ3v) is 6.56. The molecule has 1 aliphatic heterocycles. The van der Waals surface area contributed by atoms with Gasteiger partial charge in [0.1, 0.15) is 0 Å². The van der Waals surface area contributed by atoms with Crippen LogP contribution in [0.2, 0.25) is 0 Å². The zero-order valence-corrected chi connectivity index (χ0v) is 20.9. The summed E-state index contributed by atoms with van der Waals surface area (Å²) in [5.74, 6) is 0.00950. The second-order valence-electron chi connectivity index (χ2n) is 9.41. The van der Waals surface area contributed by atoms with Gasteiger partial charge in [-0.15, -0.1) is 0 Å². The Balaban J connectivity index is 1.39. The van der Waals surface area contributed by atoms with E-state index in [1.165, 1.54) is 10.9 Å². The second-order valence-corrected chi connectivity index (χ2v) is 9.41. The van der Waals surface area contributed by atoms with Crippen molar-refractivity contribution in [3.8, 4) is 0 Å². The average Bonchev–Trinajstić information content (AvgIpc) is 3.23. The van der Waals surface area contributed by atoms with Crippen molar-refractivity contribution < 1.29 is 4.79 Å². The van der Waals surface area contributed by atoms with E-state index in [2.05, 4.69) is 46.4 Å². The van der Waals surface area contributed by atoms with Gasteiger partial charge in [0.25, 0.3) is 0 Å². The number of hydrogen-bond acceptors (Lipinski definition) is 4. The van der Waals surface area contributed by atoms with E-state index < -0.39 is 0 Å². The van der Waals surface area contributed by atoms with Crippen molar-refractivity contribution in [1.82, 2.24) is 20.2 Å². The highest BCUT2D eigenvalue weighted by atomic mass is 16.1. The number of nitrogens with one attached hydrogen (secondary N) is 2. The number of allylic oxidation sites excluding steroid dienone is 2. The summed E-state index contributed by atoms with van der Waals surface area (Å²) in [6.45, 7) is 11.9. The minimum absolute atomic E-state index is 0.00735. The maximum Gasteiger partial charge on any atom is 0.224 e. The van der Waals surface area contributed by atoms with E-state index in [9.17, 15) is 4.79 Å². The molecular formula is C28H35N5O. The van der Waals surface area contributed by atoms with Crippen molar-refractivity contribution in [3.63, 3.8) is 0 Å². The Kier molecular flexibility index (Phi) is 7.27. The summed E-state index contributed by atoms with van der Waals surface area (Å²) in [5.41, 5.74) is 8.54. The van der Waals surface area contributed by atoms with Crippen LogP contribution in [-0.4, -0.2) is 39.2 Å². The minimum Gasteiger partial charge on any atom is -0.361 e. The predicted molar refractivity (Wildman–Crippen MR) is 139 cm³/mol.